The van der Waals surface area contributed by atoms with E-state index in [0.717, 1.165) is 83.4 Å². The van der Waals surface area contributed by atoms with Crippen molar-refractivity contribution in [2.45, 2.75) is 45.4 Å². The Bertz CT molecular complexity index is 3820. The quantitative estimate of drug-likeness (QED) is 0.155. The normalized spacial score (nSPS) is 13.8. The summed E-state index contributed by atoms with van der Waals surface area (Å²) in [6.45, 7) is 13.6. The van der Waals surface area contributed by atoms with Crippen LogP contribution < -0.4 is 14.5 Å². The summed E-state index contributed by atoms with van der Waals surface area (Å²) in [4.78, 5) is 9.46. The minimum Gasteiger partial charge on any atom is -0.509 e. The van der Waals surface area contributed by atoms with E-state index in [1.165, 1.54) is 27.8 Å². The topological polar surface area (TPSA) is 46.7 Å². The van der Waals surface area contributed by atoms with Crippen LogP contribution in [0.2, 0.25) is 0 Å². The minimum atomic E-state index is -0.204. The number of rotatable bonds is 6. The molecule has 0 saturated heterocycles. The third-order valence-electron chi connectivity index (χ3n) is 13.9. The van der Waals surface area contributed by atoms with Gasteiger partial charge < -0.3 is 23.5 Å². The smallest absolute Gasteiger partial charge is 0.143 e. The summed E-state index contributed by atoms with van der Waals surface area (Å²) < 4.78 is 15.6. The summed E-state index contributed by atoms with van der Waals surface area (Å²) in [7, 11) is 0. The molecule has 0 amide bonds. The summed E-state index contributed by atoms with van der Waals surface area (Å²) in [5, 5.41) is 4.43. The number of ether oxygens (including phenoxy) is 1. The first kappa shape index (κ1) is 42.0. The second kappa shape index (κ2) is 15.6. The Labute approximate surface area is 410 Å². The summed E-state index contributed by atoms with van der Waals surface area (Å²) in [5.74, 6) is 2.03. The van der Waals surface area contributed by atoms with E-state index in [2.05, 4.69) is 213 Å². The predicted octanol–water partition coefficient (Wildman–Crippen LogP) is 16.1. The van der Waals surface area contributed by atoms with Crippen molar-refractivity contribution in [2.75, 3.05) is 9.80 Å². The number of pyridine rings is 1. The van der Waals surface area contributed by atoms with Crippen LogP contribution >= 0.6 is 0 Å². The van der Waals surface area contributed by atoms with Gasteiger partial charge in [0.25, 0.3) is 0 Å². The van der Waals surface area contributed by atoms with E-state index in [4.69, 9.17) is 14.1 Å². The summed E-state index contributed by atoms with van der Waals surface area (Å²) >= 11 is 0. The first-order valence-electron chi connectivity index (χ1n) is 22.9. The van der Waals surface area contributed by atoms with E-state index in [1.54, 1.807) is 0 Å². The molecule has 3 aromatic heterocycles. The Kier molecular flexibility index (Phi) is 9.62. The van der Waals surface area contributed by atoms with Crippen LogP contribution in [0.3, 0.4) is 0 Å². The fourth-order valence-corrected chi connectivity index (χ4v) is 10.6. The van der Waals surface area contributed by atoms with Crippen LogP contribution in [0.1, 0.15) is 51.3 Å². The van der Waals surface area contributed by atoms with E-state index < -0.39 is 0 Å². The van der Waals surface area contributed by atoms with Gasteiger partial charge in [0.15, 0.2) is 0 Å². The Morgan fingerprint density at radius 1 is 0.603 bits per heavy atom. The van der Waals surface area contributed by atoms with Gasteiger partial charge in [0.1, 0.15) is 17.0 Å². The second-order valence-electron chi connectivity index (χ2n) is 19.3. The number of fused-ring (bicyclic) bond motifs is 10. The van der Waals surface area contributed by atoms with E-state index in [9.17, 15) is 0 Å². The third-order valence-corrected chi connectivity index (χ3v) is 13.9. The van der Waals surface area contributed by atoms with Crippen LogP contribution in [0.4, 0.5) is 22.7 Å². The van der Waals surface area contributed by atoms with E-state index >= 15 is 0 Å². The standard InChI is InChI=1S/C61H45N4O2.Pt/c1-60(2,3)38-32-33-62-56(34-38)65-51-24-10-7-18-42(51)43-29-28-41(36-54(43)65)66-40-17-14-16-39(35-40)63-37-64(53-26-12-11-25-52(53)63)58-45(30-31-50-57(58)48-20-6-9-23-49(48)61(50,4)5)47-22-15-21-46-44-19-8-13-27-55(44)67-59(46)47;/h6-34,37H,1-5H3;/q-3;. The summed E-state index contributed by atoms with van der Waals surface area (Å²) in [6, 6.07) is 67.2. The summed E-state index contributed by atoms with van der Waals surface area (Å²) in [6.07, 6.45) is 1.90. The maximum Gasteiger partial charge on any atom is 0.143 e. The molecule has 1 aliphatic heterocycles. The van der Waals surface area contributed by atoms with E-state index in [1.807, 2.05) is 30.5 Å². The number of hydrogen-bond donors (Lipinski definition) is 0. The average molecular weight is 1060 g/mol. The second-order valence-corrected chi connectivity index (χ2v) is 19.3. The molecule has 68 heavy (non-hydrogen) atoms. The summed E-state index contributed by atoms with van der Waals surface area (Å²) in [5.41, 5.74) is 16.0. The molecule has 0 N–H and O–H groups in total. The maximum atomic E-state index is 6.73. The van der Waals surface area contributed by atoms with Gasteiger partial charge in [0.05, 0.1) is 0 Å². The number of hydrogen-bond acceptors (Lipinski definition) is 5. The molecule has 0 atom stereocenters. The number of aromatic nitrogens is 2. The molecule has 13 rings (SSSR count). The van der Waals surface area contributed by atoms with Crippen molar-refractivity contribution in [1.29, 1.82) is 0 Å². The average Bonchev–Trinajstić information content (AvgIpc) is 4.08. The van der Waals surface area contributed by atoms with Gasteiger partial charge in [-0.2, -0.15) is 12.1 Å². The van der Waals surface area contributed by atoms with Crippen LogP contribution in [0.25, 0.3) is 71.8 Å². The fraction of sp³-hybridized carbons (Fsp3) is 0.115. The van der Waals surface area contributed by atoms with Gasteiger partial charge in [0.2, 0.25) is 0 Å². The molecule has 0 bridgehead atoms. The number of nitrogens with zero attached hydrogens (tertiary/aromatic N) is 4. The number of furan rings is 1. The zero-order valence-electron chi connectivity index (χ0n) is 38.2. The largest absolute Gasteiger partial charge is 0.509 e. The molecule has 11 aromatic rings. The molecule has 2 aliphatic rings. The number of para-hydroxylation sites is 5. The molecule has 0 unspecified atom stereocenters. The van der Waals surface area contributed by atoms with Crippen LogP contribution in [-0.2, 0) is 31.9 Å². The van der Waals surface area contributed by atoms with Gasteiger partial charge in [0, 0.05) is 94.2 Å². The van der Waals surface area contributed by atoms with Crippen molar-refractivity contribution >= 4 is 66.5 Å². The van der Waals surface area contributed by atoms with Gasteiger partial charge in [-0.15, -0.1) is 48.1 Å². The molecule has 4 heterocycles. The van der Waals surface area contributed by atoms with Crippen molar-refractivity contribution in [3.8, 4) is 39.6 Å². The number of benzene rings is 8. The first-order chi connectivity index (χ1) is 32.6. The molecule has 6 nitrogen and oxygen atoms in total. The van der Waals surface area contributed by atoms with Crippen molar-refractivity contribution < 1.29 is 30.2 Å². The van der Waals surface area contributed by atoms with Crippen molar-refractivity contribution in [3.05, 3.63) is 212 Å². The zero-order chi connectivity index (χ0) is 45.2. The van der Waals surface area contributed by atoms with Gasteiger partial charge in [-0.25, -0.2) is 4.98 Å². The van der Waals surface area contributed by atoms with Crippen molar-refractivity contribution in [2.24, 2.45) is 0 Å². The third kappa shape index (κ3) is 6.38. The van der Waals surface area contributed by atoms with Gasteiger partial charge in [-0.3, -0.25) is 0 Å². The Morgan fingerprint density at radius 2 is 1.31 bits per heavy atom. The maximum absolute atomic E-state index is 6.73. The monoisotopic (exact) mass is 1060 g/mol. The molecule has 334 valence electrons. The SMILES string of the molecule is CC(C)(C)c1ccnc(-n2c3[c-]c(Oc4[c-]c(N5[CH-]N(c6c(-c7cccc8c7oc7ccccc78)ccc7c6-c6ccccc6C7(C)C)c6ccccc65)ccc4)ccc3c3ccccc32)c1.[Pt]. The number of anilines is 4. The molecule has 0 spiro atoms. The Morgan fingerprint density at radius 3 is 2.16 bits per heavy atom. The van der Waals surface area contributed by atoms with Gasteiger partial charge in [-0.05, 0) is 69.5 Å². The molecule has 7 heteroatoms. The van der Waals surface area contributed by atoms with E-state index in [0.29, 0.717) is 11.5 Å². The van der Waals surface area contributed by atoms with E-state index in [-0.39, 0.29) is 31.9 Å². The Hall–Kier alpha value is -7.40. The van der Waals surface area contributed by atoms with Crippen LogP contribution in [-0.4, -0.2) is 9.55 Å². The van der Waals surface area contributed by atoms with Crippen molar-refractivity contribution in [1.82, 2.24) is 9.55 Å². The molecular formula is C61H45N4O2Pt-3. The van der Waals surface area contributed by atoms with Crippen LogP contribution in [0, 0.1) is 18.8 Å². The molecule has 8 aromatic carbocycles. The zero-order valence-corrected chi connectivity index (χ0v) is 40.5. The molecule has 1 aliphatic carbocycles. The van der Waals surface area contributed by atoms with Gasteiger partial charge >= 0.3 is 0 Å². The Balaban J connectivity index is 0.00000480. The molecule has 0 radical (unpaired) electrons. The first-order valence-corrected chi connectivity index (χ1v) is 22.9. The van der Waals surface area contributed by atoms with Crippen molar-refractivity contribution in [3.63, 3.8) is 0 Å². The molecular weight excluding hydrogens is 1020 g/mol. The van der Waals surface area contributed by atoms with Gasteiger partial charge in [-0.1, -0.05) is 143 Å². The van der Waals surface area contributed by atoms with Crippen LogP contribution in [0.5, 0.6) is 11.5 Å². The molecule has 0 saturated carbocycles. The predicted molar refractivity (Wildman–Crippen MR) is 273 cm³/mol. The minimum absolute atomic E-state index is 0. The fourth-order valence-electron chi connectivity index (χ4n) is 10.6. The molecule has 0 fully saturated rings. The van der Waals surface area contributed by atoms with Crippen LogP contribution in [0.15, 0.2) is 180 Å².